The Hall–Kier alpha value is -0.570. The summed E-state index contributed by atoms with van der Waals surface area (Å²) in [6, 6.07) is 0. The van der Waals surface area contributed by atoms with Crippen LogP contribution in [0.15, 0.2) is 0 Å². The molecule has 0 spiro atoms. The maximum Gasteiger partial charge on any atom is 0.0957 e. The molecule has 1 saturated heterocycles. The predicted octanol–water partition coefficient (Wildman–Crippen LogP) is 2.65. The van der Waals surface area contributed by atoms with Gasteiger partial charge in [-0.15, -0.1) is 0 Å². The zero-order chi connectivity index (χ0) is 11.1. The van der Waals surface area contributed by atoms with Crippen LogP contribution in [0.1, 0.15) is 46.0 Å². The van der Waals surface area contributed by atoms with Gasteiger partial charge in [-0.25, -0.2) is 0 Å². The molecule has 15 heavy (non-hydrogen) atoms. The molecular formula is C12H24N2O. The van der Waals surface area contributed by atoms with Gasteiger partial charge in [0.25, 0.3) is 0 Å². The molecule has 3 nitrogen and oxygen atoms in total. The monoisotopic (exact) mass is 212 g/mol. The lowest BCUT2D eigenvalue weighted by atomic mass is 10.1. The van der Waals surface area contributed by atoms with Crippen LogP contribution in [0.25, 0.3) is 0 Å². The highest BCUT2D eigenvalue weighted by Crippen LogP contribution is 2.11. The Kier molecular flexibility index (Phi) is 5.69. The summed E-state index contributed by atoms with van der Waals surface area (Å²) in [6.07, 6.45) is 6.04. The number of nitrogens with one attached hydrogen (secondary N) is 1. The fraction of sp³-hybridized carbons (Fsp3) is 0.917. The van der Waals surface area contributed by atoms with E-state index in [1.165, 1.54) is 12.8 Å². The summed E-state index contributed by atoms with van der Waals surface area (Å²) >= 11 is 0. The highest BCUT2D eigenvalue weighted by Gasteiger charge is 2.13. The molecule has 0 atom stereocenters. The maximum absolute atomic E-state index is 7.79. The fourth-order valence-electron chi connectivity index (χ4n) is 1.86. The molecule has 0 aromatic rings. The molecule has 1 rings (SSSR count). The van der Waals surface area contributed by atoms with Crippen LogP contribution in [0.5, 0.6) is 0 Å². The molecule has 0 aromatic carbocycles. The summed E-state index contributed by atoms with van der Waals surface area (Å²) in [7, 11) is 0. The van der Waals surface area contributed by atoms with E-state index in [9.17, 15) is 0 Å². The first-order chi connectivity index (χ1) is 7.20. The first kappa shape index (κ1) is 12.5. The normalized spacial score (nSPS) is 17.5. The number of likely N-dealkylation sites (tertiary alicyclic amines) is 1. The second-order valence-corrected chi connectivity index (χ2v) is 4.52. The standard InChI is InChI=1S/C12H24N2O/c1-11(2)15-10-6-5-9-14-8-4-3-7-12(14)13/h11,13H,3-10H2,1-2H3. The summed E-state index contributed by atoms with van der Waals surface area (Å²) in [4.78, 5) is 2.22. The van der Waals surface area contributed by atoms with E-state index in [0.717, 1.165) is 44.8 Å². The maximum atomic E-state index is 7.79. The van der Waals surface area contributed by atoms with E-state index in [2.05, 4.69) is 18.7 Å². The van der Waals surface area contributed by atoms with Crippen molar-refractivity contribution < 1.29 is 4.74 Å². The Morgan fingerprint density at radius 1 is 1.33 bits per heavy atom. The van der Waals surface area contributed by atoms with Crippen LogP contribution in [0.3, 0.4) is 0 Å². The number of hydrogen-bond donors (Lipinski definition) is 1. The molecule has 0 aliphatic carbocycles. The summed E-state index contributed by atoms with van der Waals surface area (Å²) in [5.74, 6) is 0.839. The fourth-order valence-corrected chi connectivity index (χ4v) is 1.86. The third-order valence-electron chi connectivity index (χ3n) is 2.75. The number of piperidine rings is 1. The van der Waals surface area contributed by atoms with Crippen LogP contribution >= 0.6 is 0 Å². The summed E-state index contributed by atoms with van der Waals surface area (Å²) in [6.45, 7) is 7.13. The number of hydrogen-bond acceptors (Lipinski definition) is 2. The van der Waals surface area contributed by atoms with Crippen molar-refractivity contribution in [2.75, 3.05) is 19.7 Å². The molecule has 88 valence electrons. The van der Waals surface area contributed by atoms with Crippen molar-refractivity contribution in [3.05, 3.63) is 0 Å². The molecule has 0 aromatic heterocycles. The number of unbranched alkanes of at least 4 members (excludes halogenated alkanes) is 1. The van der Waals surface area contributed by atoms with Gasteiger partial charge in [0.05, 0.1) is 11.9 Å². The van der Waals surface area contributed by atoms with Crippen molar-refractivity contribution in [3.8, 4) is 0 Å². The van der Waals surface area contributed by atoms with E-state index in [1.807, 2.05) is 0 Å². The molecule has 0 bridgehead atoms. The van der Waals surface area contributed by atoms with Crippen LogP contribution in [-0.4, -0.2) is 36.5 Å². The Bertz CT molecular complexity index is 192. The van der Waals surface area contributed by atoms with Gasteiger partial charge >= 0.3 is 0 Å². The molecule has 1 fully saturated rings. The third kappa shape index (κ3) is 5.17. The third-order valence-corrected chi connectivity index (χ3v) is 2.75. The van der Waals surface area contributed by atoms with Gasteiger partial charge in [0, 0.05) is 26.1 Å². The molecule has 0 unspecified atom stereocenters. The Morgan fingerprint density at radius 3 is 2.80 bits per heavy atom. The summed E-state index contributed by atoms with van der Waals surface area (Å²) in [5.41, 5.74) is 0. The van der Waals surface area contributed by atoms with E-state index in [0.29, 0.717) is 6.10 Å². The van der Waals surface area contributed by atoms with Crippen LogP contribution in [0.2, 0.25) is 0 Å². The van der Waals surface area contributed by atoms with Crippen LogP contribution < -0.4 is 0 Å². The van der Waals surface area contributed by atoms with E-state index in [-0.39, 0.29) is 0 Å². The SMILES string of the molecule is CC(C)OCCCCN1CCCCC1=N. The molecule has 3 heteroatoms. The Morgan fingerprint density at radius 2 is 2.13 bits per heavy atom. The van der Waals surface area contributed by atoms with Gasteiger partial charge in [-0.3, -0.25) is 5.41 Å². The average molecular weight is 212 g/mol. The van der Waals surface area contributed by atoms with Gasteiger partial charge in [0.15, 0.2) is 0 Å². The molecule has 1 heterocycles. The van der Waals surface area contributed by atoms with Gasteiger partial charge in [0.1, 0.15) is 0 Å². The first-order valence-corrected chi connectivity index (χ1v) is 6.14. The Balaban J connectivity index is 2.01. The van der Waals surface area contributed by atoms with Crippen molar-refractivity contribution in [2.45, 2.75) is 52.1 Å². The quantitative estimate of drug-likeness (QED) is 0.687. The van der Waals surface area contributed by atoms with Crippen LogP contribution in [0.4, 0.5) is 0 Å². The summed E-state index contributed by atoms with van der Waals surface area (Å²) in [5, 5.41) is 7.79. The lowest BCUT2D eigenvalue weighted by molar-refractivity contribution is 0.0750. The van der Waals surface area contributed by atoms with E-state index < -0.39 is 0 Å². The largest absolute Gasteiger partial charge is 0.379 e. The molecule has 1 aliphatic heterocycles. The van der Waals surface area contributed by atoms with E-state index in [4.69, 9.17) is 10.1 Å². The van der Waals surface area contributed by atoms with Gasteiger partial charge in [-0.05, 0) is 39.5 Å². The zero-order valence-electron chi connectivity index (χ0n) is 10.1. The average Bonchev–Trinajstić information content (AvgIpc) is 2.20. The van der Waals surface area contributed by atoms with Crippen molar-refractivity contribution >= 4 is 5.84 Å². The van der Waals surface area contributed by atoms with Crippen molar-refractivity contribution in [2.24, 2.45) is 0 Å². The lowest BCUT2D eigenvalue weighted by Crippen LogP contribution is -2.35. The zero-order valence-corrected chi connectivity index (χ0v) is 10.1. The van der Waals surface area contributed by atoms with E-state index >= 15 is 0 Å². The van der Waals surface area contributed by atoms with Gasteiger partial charge in [-0.2, -0.15) is 0 Å². The van der Waals surface area contributed by atoms with Crippen molar-refractivity contribution in [1.82, 2.24) is 4.90 Å². The lowest BCUT2D eigenvalue weighted by Gasteiger charge is -2.29. The van der Waals surface area contributed by atoms with Gasteiger partial charge < -0.3 is 9.64 Å². The predicted molar refractivity (Wildman–Crippen MR) is 63.5 cm³/mol. The second-order valence-electron chi connectivity index (χ2n) is 4.52. The smallest absolute Gasteiger partial charge is 0.0957 e. The van der Waals surface area contributed by atoms with E-state index in [1.54, 1.807) is 0 Å². The highest BCUT2D eigenvalue weighted by atomic mass is 16.5. The minimum absolute atomic E-state index is 0.346. The minimum atomic E-state index is 0.346. The second kappa shape index (κ2) is 6.83. The minimum Gasteiger partial charge on any atom is -0.379 e. The summed E-state index contributed by atoms with van der Waals surface area (Å²) < 4.78 is 5.49. The first-order valence-electron chi connectivity index (χ1n) is 6.14. The van der Waals surface area contributed by atoms with Crippen molar-refractivity contribution in [1.29, 1.82) is 5.41 Å². The van der Waals surface area contributed by atoms with Crippen LogP contribution in [-0.2, 0) is 4.74 Å². The van der Waals surface area contributed by atoms with Gasteiger partial charge in [-0.1, -0.05) is 0 Å². The highest BCUT2D eigenvalue weighted by molar-refractivity contribution is 5.79. The number of ether oxygens (including phenoxy) is 1. The molecular weight excluding hydrogens is 188 g/mol. The molecule has 0 radical (unpaired) electrons. The number of nitrogens with zero attached hydrogens (tertiary/aromatic N) is 1. The Labute approximate surface area is 93.3 Å². The molecule has 1 aliphatic rings. The number of amidine groups is 1. The van der Waals surface area contributed by atoms with Crippen molar-refractivity contribution in [3.63, 3.8) is 0 Å². The topological polar surface area (TPSA) is 36.3 Å². The van der Waals surface area contributed by atoms with Gasteiger partial charge in [0.2, 0.25) is 0 Å². The van der Waals surface area contributed by atoms with Crippen LogP contribution in [0, 0.1) is 5.41 Å². The molecule has 0 amide bonds. The molecule has 1 N–H and O–H groups in total. The number of rotatable bonds is 6. The molecule has 0 saturated carbocycles.